The van der Waals surface area contributed by atoms with Crippen molar-refractivity contribution in [3.05, 3.63) is 23.8 Å². The molecule has 0 spiro atoms. The van der Waals surface area contributed by atoms with E-state index in [9.17, 15) is 9.59 Å². The summed E-state index contributed by atoms with van der Waals surface area (Å²) in [6.07, 6.45) is 0. The lowest BCUT2D eigenvalue weighted by Gasteiger charge is -2.11. The number of aliphatic imine (C=N–C) groups is 1. The Morgan fingerprint density at radius 3 is 2.81 bits per heavy atom. The SMILES string of the molecule is COc1cc(C(C)=O)ccc1OCC(=O)NC1=NCCS1. The average Bonchev–Trinajstić information content (AvgIpc) is 2.97. The molecular formula is C14H16N2O4S. The standard InChI is InChI=1S/C14H16N2O4S/c1-9(17)10-3-4-11(12(7-10)19-2)20-8-13(18)16-14-15-5-6-21-14/h3-4,7H,5-6,8H2,1-2H3,(H,15,16,18). The smallest absolute Gasteiger partial charge is 0.263 e. The first-order valence-electron chi connectivity index (χ1n) is 6.39. The molecule has 0 aliphatic carbocycles. The van der Waals surface area contributed by atoms with Crippen LogP contribution in [0.5, 0.6) is 11.5 Å². The van der Waals surface area contributed by atoms with Gasteiger partial charge in [0.1, 0.15) is 0 Å². The summed E-state index contributed by atoms with van der Waals surface area (Å²) in [6.45, 7) is 2.06. The number of thioether (sulfide) groups is 1. The zero-order valence-electron chi connectivity index (χ0n) is 11.8. The van der Waals surface area contributed by atoms with Crippen LogP contribution < -0.4 is 14.8 Å². The summed E-state index contributed by atoms with van der Waals surface area (Å²) in [5.41, 5.74) is 0.528. The van der Waals surface area contributed by atoms with Gasteiger partial charge in [0.25, 0.3) is 5.91 Å². The lowest BCUT2D eigenvalue weighted by Crippen LogP contribution is -2.32. The van der Waals surface area contributed by atoms with Gasteiger partial charge in [-0.1, -0.05) is 11.8 Å². The van der Waals surface area contributed by atoms with Gasteiger partial charge in [-0.3, -0.25) is 14.6 Å². The van der Waals surface area contributed by atoms with Crippen molar-refractivity contribution in [2.45, 2.75) is 6.92 Å². The predicted molar refractivity (Wildman–Crippen MR) is 81.4 cm³/mol. The van der Waals surface area contributed by atoms with Gasteiger partial charge in [-0.05, 0) is 25.1 Å². The van der Waals surface area contributed by atoms with Crippen LogP contribution in [0.2, 0.25) is 0 Å². The molecule has 1 N–H and O–H groups in total. The number of ether oxygens (including phenoxy) is 2. The van der Waals surface area contributed by atoms with Gasteiger partial charge in [0.05, 0.1) is 13.7 Å². The van der Waals surface area contributed by atoms with Gasteiger partial charge >= 0.3 is 0 Å². The number of amidine groups is 1. The summed E-state index contributed by atoms with van der Waals surface area (Å²) in [4.78, 5) is 27.2. The lowest BCUT2D eigenvalue weighted by molar-refractivity contribution is -0.121. The molecule has 0 saturated heterocycles. The van der Waals surface area contributed by atoms with Gasteiger partial charge in [-0.25, -0.2) is 0 Å². The second-order valence-electron chi connectivity index (χ2n) is 4.29. The van der Waals surface area contributed by atoms with Crippen molar-refractivity contribution in [2.75, 3.05) is 26.0 Å². The van der Waals surface area contributed by atoms with Crippen LogP contribution in [0, 0.1) is 0 Å². The summed E-state index contributed by atoms with van der Waals surface area (Å²) in [6, 6.07) is 4.84. The van der Waals surface area contributed by atoms with E-state index in [2.05, 4.69) is 10.3 Å². The molecule has 1 aromatic carbocycles. The maximum Gasteiger partial charge on any atom is 0.263 e. The minimum Gasteiger partial charge on any atom is -0.493 e. The highest BCUT2D eigenvalue weighted by Gasteiger charge is 2.13. The first kappa shape index (κ1) is 15.4. The molecule has 1 heterocycles. The van der Waals surface area contributed by atoms with Crippen molar-refractivity contribution < 1.29 is 19.1 Å². The van der Waals surface area contributed by atoms with Crippen molar-refractivity contribution in [3.8, 4) is 11.5 Å². The monoisotopic (exact) mass is 308 g/mol. The molecule has 1 amide bonds. The van der Waals surface area contributed by atoms with Gasteiger partial charge < -0.3 is 14.8 Å². The number of nitrogens with zero attached hydrogens (tertiary/aromatic N) is 1. The van der Waals surface area contributed by atoms with Crippen molar-refractivity contribution in [2.24, 2.45) is 4.99 Å². The summed E-state index contributed by atoms with van der Waals surface area (Å²) in [5, 5.41) is 3.30. The van der Waals surface area contributed by atoms with Crippen LogP contribution in [0.25, 0.3) is 0 Å². The van der Waals surface area contributed by atoms with Crippen LogP contribution in [0.3, 0.4) is 0 Å². The summed E-state index contributed by atoms with van der Waals surface area (Å²) >= 11 is 1.51. The Hall–Kier alpha value is -2.02. The highest BCUT2D eigenvalue weighted by molar-refractivity contribution is 8.14. The molecule has 1 aromatic rings. The Bertz CT molecular complexity index is 586. The van der Waals surface area contributed by atoms with Crippen LogP contribution in [0.4, 0.5) is 0 Å². The summed E-state index contributed by atoms with van der Waals surface area (Å²) in [5.74, 6) is 1.38. The summed E-state index contributed by atoms with van der Waals surface area (Å²) < 4.78 is 10.6. The number of Topliss-reactive ketones (excluding diaryl/α,β-unsaturated/α-hetero) is 1. The molecule has 0 aromatic heterocycles. The molecule has 1 aliphatic rings. The first-order chi connectivity index (χ1) is 10.1. The number of hydrogen-bond acceptors (Lipinski definition) is 6. The number of methoxy groups -OCH3 is 1. The van der Waals surface area contributed by atoms with Crippen molar-refractivity contribution in [1.82, 2.24) is 5.32 Å². The molecule has 112 valence electrons. The van der Waals surface area contributed by atoms with E-state index in [1.807, 2.05) is 0 Å². The lowest BCUT2D eigenvalue weighted by atomic mass is 10.1. The minimum absolute atomic E-state index is 0.0612. The average molecular weight is 308 g/mol. The third-order valence-electron chi connectivity index (χ3n) is 2.76. The van der Waals surface area contributed by atoms with Gasteiger partial charge in [0, 0.05) is 11.3 Å². The van der Waals surface area contributed by atoms with E-state index in [0.29, 0.717) is 22.2 Å². The third kappa shape index (κ3) is 4.22. The number of carbonyl (C=O) groups is 2. The normalized spacial score (nSPS) is 13.5. The van der Waals surface area contributed by atoms with Crippen molar-refractivity contribution in [1.29, 1.82) is 0 Å². The fourth-order valence-electron chi connectivity index (χ4n) is 1.72. The Labute approximate surface area is 126 Å². The fraction of sp³-hybridized carbons (Fsp3) is 0.357. The number of amides is 1. The quantitative estimate of drug-likeness (QED) is 0.834. The first-order valence-corrected chi connectivity index (χ1v) is 7.37. The minimum atomic E-state index is -0.277. The van der Waals surface area contributed by atoms with Crippen LogP contribution >= 0.6 is 11.8 Å². The van der Waals surface area contributed by atoms with E-state index in [0.717, 1.165) is 12.3 Å². The maximum atomic E-state index is 11.7. The van der Waals surface area contributed by atoms with Crippen molar-refractivity contribution >= 4 is 28.6 Å². The Kier molecular flexibility index (Phi) is 5.21. The van der Waals surface area contributed by atoms with E-state index in [-0.39, 0.29) is 18.3 Å². The van der Waals surface area contributed by atoms with E-state index in [1.165, 1.54) is 25.8 Å². The maximum absolute atomic E-state index is 11.7. The zero-order chi connectivity index (χ0) is 15.2. The van der Waals surface area contributed by atoms with Gasteiger partial charge in [0.15, 0.2) is 29.1 Å². The van der Waals surface area contributed by atoms with Gasteiger partial charge in [-0.15, -0.1) is 0 Å². The topological polar surface area (TPSA) is 77.0 Å². The number of carbonyl (C=O) groups excluding carboxylic acids is 2. The fourth-order valence-corrected chi connectivity index (χ4v) is 2.46. The third-order valence-corrected chi connectivity index (χ3v) is 3.65. The number of ketones is 1. The molecule has 0 fully saturated rings. The highest BCUT2D eigenvalue weighted by Crippen LogP contribution is 2.28. The molecular weight excluding hydrogens is 292 g/mol. The summed E-state index contributed by atoms with van der Waals surface area (Å²) in [7, 11) is 1.48. The van der Waals surface area contributed by atoms with Crippen LogP contribution in [-0.2, 0) is 4.79 Å². The molecule has 1 aliphatic heterocycles. The van der Waals surface area contributed by atoms with Crippen LogP contribution in [0.1, 0.15) is 17.3 Å². The van der Waals surface area contributed by atoms with E-state index >= 15 is 0 Å². The van der Waals surface area contributed by atoms with E-state index in [1.54, 1.807) is 18.2 Å². The van der Waals surface area contributed by atoms with Gasteiger partial charge in [-0.2, -0.15) is 0 Å². The van der Waals surface area contributed by atoms with Crippen molar-refractivity contribution in [3.63, 3.8) is 0 Å². The molecule has 0 bridgehead atoms. The molecule has 6 nitrogen and oxygen atoms in total. The predicted octanol–water partition coefficient (Wildman–Crippen LogP) is 1.50. The molecule has 0 saturated carbocycles. The van der Waals surface area contributed by atoms with Crippen LogP contribution in [0.15, 0.2) is 23.2 Å². The zero-order valence-corrected chi connectivity index (χ0v) is 12.7. The molecule has 0 unspecified atom stereocenters. The number of nitrogens with one attached hydrogen (secondary N) is 1. The second-order valence-corrected chi connectivity index (χ2v) is 5.38. The highest BCUT2D eigenvalue weighted by atomic mass is 32.2. The Morgan fingerprint density at radius 2 is 2.19 bits per heavy atom. The number of benzene rings is 1. The Morgan fingerprint density at radius 1 is 1.38 bits per heavy atom. The number of hydrogen-bond donors (Lipinski definition) is 1. The number of rotatable bonds is 5. The molecule has 0 radical (unpaired) electrons. The van der Waals surface area contributed by atoms with Gasteiger partial charge in [0.2, 0.25) is 0 Å². The molecule has 7 heteroatoms. The largest absolute Gasteiger partial charge is 0.493 e. The Balaban J connectivity index is 1.95. The molecule has 21 heavy (non-hydrogen) atoms. The second kappa shape index (κ2) is 7.12. The molecule has 0 atom stereocenters. The molecule has 2 rings (SSSR count). The van der Waals surface area contributed by atoms with Crippen LogP contribution in [-0.4, -0.2) is 42.9 Å². The van der Waals surface area contributed by atoms with E-state index in [4.69, 9.17) is 9.47 Å². The van der Waals surface area contributed by atoms with E-state index < -0.39 is 0 Å².